The Balaban J connectivity index is 1.91. The fourth-order valence-electron chi connectivity index (χ4n) is 3.55. The largest absolute Gasteiger partial charge is 0.484 e. The lowest BCUT2D eigenvalue weighted by Crippen LogP contribution is -2.55. The summed E-state index contributed by atoms with van der Waals surface area (Å²) in [6.45, 7) is 5.52. The molecule has 0 aliphatic carbocycles. The van der Waals surface area contributed by atoms with Gasteiger partial charge in [0.1, 0.15) is 17.6 Å². The maximum atomic E-state index is 13.5. The first-order valence-corrected chi connectivity index (χ1v) is 11.8. The van der Waals surface area contributed by atoms with E-state index in [9.17, 15) is 14.0 Å². The Kier molecular flexibility index (Phi) is 8.88. The van der Waals surface area contributed by atoms with Crippen LogP contribution < -0.4 is 10.1 Å². The van der Waals surface area contributed by atoms with Crippen molar-refractivity contribution in [2.75, 3.05) is 6.61 Å². The minimum Gasteiger partial charge on any atom is -0.484 e. The van der Waals surface area contributed by atoms with Crippen LogP contribution in [0, 0.1) is 5.82 Å². The van der Waals surface area contributed by atoms with Gasteiger partial charge in [-0.05, 0) is 68.3 Å². The van der Waals surface area contributed by atoms with Crippen molar-refractivity contribution in [2.24, 2.45) is 0 Å². The summed E-state index contributed by atoms with van der Waals surface area (Å²) in [6, 6.07) is 21.3. The molecule has 0 spiro atoms. The summed E-state index contributed by atoms with van der Waals surface area (Å²) in [4.78, 5) is 28.4. The van der Waals surface area contributed by atoms with Crippen LogP contribution in [-0.4, -0.2) is 34.9 Å². The van der Waals surface area contributed by atoms with Gasteiger partial charge in [0.05, 0.1) is 0 Å². The highest BCUT2D eigenvalue weighted by Crippen LogP contribution is 2.19. The lowest BCUT2D eigenvalue weighted by atomic mass is 10.0. The molecule has 2 amide bonds. The molecule has 7 heteroatoms. The molecule has 3 aromatic rings. The molecule has 1 N–H and O–H groups in total. The zero-order valence-electron chi connectivity index (χ0n) is 20.1. The molecule has 0 saturated heterocycles. The van der Waals surface area contributed by atoms with E-state index in [2.05, 4.69) is 5.32 Å². The topological polar surface area (TPSA) is 58.6 Å². The lowest BCUT2D eigenvalue weighted by Gasteiger charge is -2.33. The number of halogens is 2. The van der Waals surface area contributed by atoms with Crippen molar-refractivity contribution in [3.05, 3.63) is 101 Å². The predicted octanol–water partition coefficient (Wildman–Crippen LogP) is 5.41. The molecule has 0 fully saturated rings. The first kappa shape index (κ1) is 26.2. The minimum absolute atomic E-state index is 0.123. The van der Waals surface area contributed by atoms with E-state index < -0.39 is 11.6 Å². The fraction of sp³-hybridized carbons (Fsp3) is 0.286. The number of ether oxygens (including phenoxy) is 1. The van der Waals surface area contributed by atoms with Gasteiger partial charge < -0.3 is 15.0 Å². The predicted molar refractivity (Wildman–Crippen MR) is 136 cm³/mol. The molecule has 0 aliphatic rings. The Morgan fingerprint density at radius 1 is 0.943 bits per heavy atom. The van der Waals surface area contributed by atoms with Crippen LogP contribution in [0.5, 0.6) is 5.75 Å². The van der Waals surface area contributed by atoms with Crippen molar-refractivity contribution < 1.29 is 18.7 Å². The van der Waals surface area contributed by atoms with Crippen LogP contribution >= 0.6 is 11.6 Å². The van der Waals surface area contributed by atoms with Crippen molar-refractivity contribution in [1.82, 2.24) is 10.2 Å². The van der Waals surface area contributed by atoms with E-state index in [1.807, 2.05) is 51.1 Å². The molecule has 0 heterocycles. The Hall–Kier alpha value is -3.38. The average Bonchev–Trinajstić information content (AvgIpc) is 2.81. The highest BCUT2D eigenvalue weighted by Gasteiger charge is 2.32. The van der Waals surface area contributed by atoms with Gasteiger partial charge in [0.15, 0.2) is 6.61 Å². The van der Waals surface area contributed by atoms with Gasteiger partial charge in [-0.2, -0.15) is 0 Å². The number of hydrogen-bond acceptors (Lipinski definition) is 3. The van der Waals surface area contributed by atoms with E-state index in [4.69, 9.17) is 16.3 Å². The molecule has 0 saturated carbocycles. The highest BCUT2D eigenvalue weighted by atomic mass is 35.5. The summed E-state index contributed by atoms with van der Waals surface area (Å²) < 4.78 is 19.2. The molecular weight excluding hydrogens is 467 g/mol. The minimum atomic E-state index is -0.803. The SMILES string of the molecule is CC(C)(C)NC(=O)[C@@H](Cc1ccccc1)N(Cc1ccc(F)cc1)C(=O)COc1ccc(Cl)cc1. The Morgan fingerprint density at radius 3 is 2.17 bits per heavy atom. The van der Waals surface area contributed by atoms with E-state index in [1.165, 1.54) is 17.0 Å². The third-order valence-electron chi connectivity index (χ3n) is 5.21. The van der Waals surface area contributed by atoms with E-state index in [1.54, 1.807) is 36.4 Å². The van der Waals surface area contributed by atoms with Crippen LogP contribution in [-0.2, 0) is 22.6 Å². The number of carbonyl (C=O) groups is 2. The standard InChI is InChI=1S/C28H30ClFN2O3/c1-28(2,3)31-27(34)25(17-20-7-5-4-6-8-20)32(18-21-9-13-23(30)14-10-21)26(33)19-35-24-15-11-22(29)12-16-24/h4-16,25H,17-19H2,1-3H3,(H,31,34)/t25-/m1/s1. The van der Waals surface area contributed by atoms with Crippen LogP contribution in [0.4, 0.5) is 4.39 Å². The second-order valence-electron chi connectivity index (χ2n) is 9.34. The van der Waals surface area contributed by atoms with E-state index in [0.717, 1.165) is 5.56 Å². The number of benzene rings is 3. The molecule has 35 heavy (non-hydrogen) atoms. The molecule has 0 unspecified atom stereocenters. The quantitative estimate of drug-likeness (QED) is 0.430. The summed E-state index contributed by atoms with van der Waals surface area (Å²) >= 11 is 5.93. The van der Waals surface area contributed by atoms with Crippen LogP contribution in [0.25, 0.3) is 0 Å². The lowest BCUT2D eigenvalue weighted by molar-refractivity contribution is -0.143. The maximum absolute atomic E-state index is 13.5. The fourth-order valence-corrected chi connectivity index (χ4v) is 3.68. The zero-order chi connectivity index (χ0) is 25.4. The summed E-state index contributed by atoms with van der Waals surface area (Å²) in [7, 11) is 0. The molecule has 3 aromatic carbocycles. The molecule has 0 aromatic heterocycles. The molecule has 5 nitrogen and oxygen atoms in total. The summed E-state index contributed by atoms with van der Waals surface area (Å²) in [6.07, 6.45) is 0.316. The molecule has 1 atom stereocenters. The van der Waals surface area contributed by atoms with Crippen LogP contribution in [0.3, 0.4) is 0 Å². The number of rotatable bonds is 9. The second-order valence-corrected chi connectivity index (χ2v) is 9.77. The number of nitrogens with one attached hydrogen (secondary N) is 1. The number of hydrogen-bond donors (Lipinski definition) is 1. The number of amides is 2. The van der Waals surface area contributed by atoms with Crippen LogP contribution in [0.15, 0.2) is 78.9 Å². The highest BCUT2D eigenvalue weighted by molar-refractivity contribution is 6.30. The molecule has 0 radical (unpaired) electrons. The van der Waals surface area contributed by atoms with Gasteiger partial charge in [0.2, 0.25) is 5.91 Å². The van der Waals surface area contributed by atoms with Crippen LogP contribution in [0.1, 0.15) is 31.9 Å². The van der Waals surface area contributed by atoms with Gasteiger partial charge in [-0.25, -0.2) is 4.39 Å². The summed E-state index contributed by atoms with van der Waals surface area (Å²) in [5, 5.41) is 3.56. The molecular formula is C28H30ClFN2O3. The third kappa shape index (κ3) is 8.41. The smallest absolute Gasteiger partial charge is 0.261 e. The van der Waals surface area contributed by atoms with Crippen molar-refractivity contribution in [3.63, 3.8) is 0 Å². The van der Waals surface area contributed by atoms with Gasteiger partial charge in [-0.15, -0.1) is 0 Å². The van der Waals surface area contributed by atoms with E-state index in [0.29, 0.717) is 22.8 Å². The van der Waals surface area contributed by atoms with Gasteiger partial charge in [0, 0.05) is 23.5 Å². The van der Waals surface area contributed by atoms with Crippen molar-refractivity contribution in [2.45, 2.75) is 45.3 Å². The van der Waals surface area contributed by atoms with Crippen molar-refractivity contribution in [1.29, 1.82) is 0 Å². The first-order valence-electron chi connectivity index (χ1n) is 11.4. The van der Waals surface area contributed by atoms with Crippen molar-refractivity contribution in [3.8, 4) is 5.75 Å². The maximum Gasteiger partial charge on any atom is 0.261 e. The molecule has 0 aliphatic heterocycles. The molecule has 3 rings (SSSR count). The van der Waals surface area contributed by atoms with E-state index >= 15 is 0 Å². The Morgan fingerprint density at radius 2 is 1.57 bits per heavy atom. The Labute approximate surface area is 210 Å². The molecule has 0 bridgehead atoms. The average molecular weight is 497 g/mol. The molecule has 184 valence electrons. The van der Waals surface area contributed by atoms with Gasteiger partial charge in [0.25, 0.3) is 5.91 Å². The second kappa shape index (κ2) is 11.8. The monoisotopic (exact) mass is 496 g/mol. The van der Waals surface area contributed by atoms with Gasteiger partial charge >= 0.3 is 0 Å². The number of nitrogens with zero attached hydrogens (tertiary/aromatic N) is 1. The van der Waals surface area contributed by atoms with Gasteiger partial charge in [-0.3, -0.25) is 9.59 Å². The van der Waals surface area contributed by atoms with Crippen molar-refractivity contribution >= 4 is 23.4 Å². The van der Waals surface area contributed by atoms with Crippen LogP contribution in [0.2, 0.25) is 5.02 Å². The van der Waals surface area contributed by atoms with E-state index in [-0.39, 0.29) is 30.8 Å². The summed E-state index contributed by atoms with van der Waals surface area (Å²) in [5.74, 6) is -0.523. The third-order valence-corrected chi connectivity index (χ3v) is 5.46. The summed E-state index contributed by atoms with van der Waals surface area (Å²) in [5.41, 5.74) is 1.13. The normalized spacial score (nSPS) is 12.0. The van der Waals surface area contributed by atoms with Gasteiger partial charge in [-0.1, -0.05) is 54.1 Å². The first-order chi connectivity index (χ1) is 16.6. The zero-order valence-corrected chi connectivity index (χ0v) is 20.9. The Bertz CT molecular complexity index is 1110. The number of carbonyl (C=O) groups excluding carboxylic acids is 2.